The number of aromatic nitrogens is 4. The van der Waals surface area contributed by atoms with Gasteiger partial charge in [0, 0.05) is 11.0 Å². The first-order valence-corrected chi connectivity index (χ1v) is 21.2. The van der Waals surface area contributed by atoms with Crippen LogP contribution < -0.4 is 10.3 Å². The molecule has 0 radical (unpaired) electrons. The lowest BCUT2D eigenvalue weighted by Crippen LogP contribution is -2.32. The van der Waals surface area contributed by atoms with Crippen LogP contribution in [0.25, 0.3) is 11.2 Å². The first-order valence-electron chi connectivity index (χ1n) is 14.5. The number of phosphoric acid groups is 4. The highest BCUT2D eigenvalue weighted by molar-refractivity contribution is 7.69. The maximum Gasteiger partial charge on any atom is 0.536 e. The van der Waals surface area contributed by atoms with Crippen LogP contribution in [0.3, 0.4) is 0 Å². The second-order valence-corrected chi connectivity index (χ2v) is 18.6. The maximum absolute atomic E-state index is 12.7. The molecule has 2 aliphatic heterocycles. The lowest BCUT2D eigenvalue weighted by atomic mass is 9.71. The number of ketones is 1. The number of fused-ring (bicyclic) bond motifs is 3. The maximum atomic E-state index is 12.7. The fourth-order valence-corrected chi connectivity index (χ4v) is 11.2. The minimum Gasteiger partial charge on any atom is -0.404 e. The van der Waals surface area contributed by atoms with E-state index in [4.69, 9.17) is 42.7 Å². The Labute approximate surface area is 302 Å². The Bertz CT molecular complexity index is 2300. The van der Waals surface area contributed by atoms with Crippen molar-refractivity contribution in [3.8, 4) is 5.75 Å². The lowest BCUT2D eigenvalue weighted by molar-refractivity contribution is -0.111. The Balaban J connectivity index is 1.06. The minimum atomic E-state index is -6.07. The third-order valence-corrected chi connectivity index (χ3v) is 14.2. The summed E-state index contributed by atoms with van der Waals surface area (Å²) >= 11 is 12.3. The second-order valence-electron chi connectivity index (χ2n) is 11.7. The van der Waals surface area contributed by atoms with Gasteiger partial charge in [0.25, 0.3) is 0 Å². The molecule has 0 saturated carbocycles. The molecule has 0 amide bonds. The van der Waals surface area contributed by atoms with E-state index in [0.29, 0.717) is 40.1 Å². The fraction of sp³-hybridized carbons (Fsp3) is 0.320. The second kappa shape index (κ2) is 13.9. The van der Waals surface area contributed by atoms with Gasteiger partial charge in [-0.15, -0.1) is 0 Å². The molecule has 27 heteroatoms. The molecule has 3 aromatic rings. The van der Waals surface area contributed by atoms with Crippen molar-refractivity contribution in [1.29, 1.82) is 0 Å². The molecule has 1 aliphatic carbocycles. The number of carbonyl (C=O) groups excluding carboxylic acids is 1. The number of carbonyl (C=O) groups is 1. The number of allylic oxidation sites excluding steroid dienone is 4. The molecule has 6 rings (SSSR count). The van der Waals surface area contributed by atoms with E-state index in [1.807, 2.05) is 0 Å². The van der Waals surface area contributed by atoms with Crippen LogP contribution in [0.2, 0.25) is 0 Å². The fourth-order valence-electron chi connectivity index (χ4n) is 5.57. The number of nitrogen functional groups attached to an aromatic ring is 1. The van der Waals surface area contributed by atoms with Gasteiger partial charge in [0.1, 0.15) is 23.8 Å². The van der Waals surface area contributed by atoms with Gasteiger partial charge in [-0.3, -0.25) is 18.8 Å². The van der Waals surface area contributed by atoms with Crippen molar-refractivity contribution in [3.05, 3.63) is 58.1 Å². The van der Waals surface area contributed by atoms with E-state index in [0.717, 1.165) is 6.07 Å². The molecule has 280 valence electrons. The Morgan fingerprint density at radius 3 is 2.37 bits per heavy atom. The molecule has 1 saturated heterocycles. The first kappa shape index (κ1) is 39.0. The molecule has 52 heavy (non-hydrogen) atoms. The predicted octanol–water partition coefficient (Wildman–Crippen LogP) is 5.20. The van der Waals surface area contributed by atoms with Crippen LogP contribution in [-0.4, -0.2) is 63.3 Å². The summed E-state index contributed by atoms with van der Waals surface area (Å²) in [6.07, 6.45) is 3.15. The number of nitrogens with two attached hydrogens (primary N) is 1. The number of Topliss-reactive ketones (excluding diaryl/α,β-unsaturated/α-hetero) is 1. The van der Waals surface area contributed by atoms with E-state index in [-0.39, 0.29) is 22.3 Å². The summed E-state index contributed by atoms with van der Waals surface area (Å²) in [4.78, 5) is 69.1. The monoisotopic (exact) mass is 844 g/mol. The smallest absolute Gasteiger partial charge is 0.404 e. The van der Waals surface area contributed by atoms with E-state index < -0.39 is 67.2 Å². The average molecular weight is 845 g/mol. The Morgan fingerprint density at radius 1 is 0.981 bits per heavy atom. The molecule has 4 heterocycles. The summed E-state index contributed by atoms with van der Waals surface area (Å²) in [6.45, 7) is 2.68. The largest absolute Gasteiger partial charge is 0.536 e. The van der Waals surface area contributed by atoms with E-state index in [1.54, 1.807) is 18.4 Å². The normalized spacial score (nSPS) is 24.5. The third-order valence-electron chi connectivity index (χ3n) is 7.71. The SMILES string of the molecule is CC1(C)C2=C(Cl)C(=O)C(Cl)=CC2=Nc2ccc(OP(=O)(O)OP(=O)(O)OP(=O)(O)OP(=O)(O)OCC3CCC(n4cnc5c(N)ncnc54)O3)cc21. The quantitative estimate of drug-likeness (QED) is 0.116. The zero-order chi connectivity index (χ0) is 38.0. The van der Waals surface area contributed by atoms with Crippen molar-refractivity contribution in [1.82, 2.24) is 19.5 Å². The summed E-state index contributed by atoms with van der Waals surface area (Å²) < 4.78 is 79.1. The average Bonchev–Trinajstić information content (AvgIpc) is 3.65. The van der Waals surface area contributed by atoms with Gasteiger partial charge in [0.15, 0.2) is 11.5 Å². The molecule has 3 aliphatic rings. The molecule has 6 unspecified atom stereocenters. The van der Waals surface area contributed by atoms with Crippen LogP contribution in [0.15, 0.2) is 57.6 Å². The number of nitrogens with zero attached hydrogens (tertiary/aromatic N) is 5. The number of phosphoric ester groups is 2. The van der Waals surface area contributed by atoms with Gasteiger partial charge in [0.2, 0.25) is 5.78 Å². The molecule has 2 aromatic heterocycles. The van der Waals surface area contributed by atoms with Crippen molar-refractivity contribution in [2.75, 3.05) is 12.3 Å². The Hall–Kier alpha value is -2.67. The highest BCUT2D eigenvalue weighted by Gasteiger charge is 2.47. The minimum absolute atomic E-state index is 0.143. The molecule has 1 fully saturated rings. The van der Waals surface area contributed by atoms with Crippen LogP contribution in [-0.2, 0) is 50.7 Å². The Morgan fingerprint density at radius 2 is 1.65 bits per heavy atom. The number of imidazole rings is 1. The standard InChI is InChI=1S/C25H26Cl2N6O15P4/c1-25(2)14-7-12(3-5-16(14)32-17-8-15(26)22(34)20(27)19(17)25)45-50(37,38)47-52(41,42)48-51(39,40)46-49(35,36)43-9-13-4-6-18(44-13)33-11-31-21-23(28)29-10-30-24(21)33/h3,5,7-8,10-11,13,18H,4,6,9H2,1-2H3,(H,35,36)(H,37,38)(H,39,40)(H,41,42)(H2,28,29,30). The van der Waals surface area contributed by atoms with Gasteiger partial charge in [-0.2, -0.15) is 12.9 Å². The number of aliphatic imine (C=N–C) groups is 1. The van der Waals surface area contributed by atoms with E-state index in [9.17, 15) is 42.6 Å². The molecular weight excluding hydrogens is 819 g/mol. The number of anilines is 1. The van der Waals surface area contributed by atoms with Gasteiger partial charge in [-0.05, 0) is 42.7 Å². The Kier molecular flexibility index (Phi) is 10.4. The summed E-state index contributed by atoms with van der Waals surface area (Å²) in [5.41, 5.74) is 6.73. The lowest BCUT2D eigenvalue weighted by Gasteiger charge is -2.36. The molecule has 6 atom stereocenters. The van der Waals surface area contributed by atoms with Gasteiger partial charge in [0.05, 0.1) is 40.5 Å². The van der Waals surface area contributed by atoms with E-state index in [1.165, 1.54) is 30.9 Å². The molecular formula is C25H26Cl2N6O15P4. The van der Waals surface area contributed by atoms with Crippen LogP contribution in [0, 0.1) is 0 Å². The summed E-state index contributed by atoms with van der Waals surface area (Å²) in [6, 6.07) is 3.71. The predicted molar refractivity (Wildman–Crippen MR) is 180 cm³/mol. The van der Waals surface area contributed by atoms with Crippen LogP contribution in [0.5, 0.6) is 5.75 Å². The van der Waals surface area contributed by atoms with Crippen LogP contribution in [0.4, 0.5) is 11.5 Å². The summed E-state index contributed by atoms with van der Waals surface area (Å²) in [5, 5.41) is -0.345. The zero-order valence-corrected chi connectivity index (χ0v) is 31.5. The molecule has 1 aromatic carbocycles. The molecule has 0 bridgehead atoms. The number of rotatable bonds is 12. The molecule has 0 spiro atoms. The van der Waals surface area contributed by atoms with Crippen molar-refractivity contribution in [2.45, 2.75) is 44.4 Å². The summed E-state index contributed by atoms with van der Waals surface area (Å²) in [5.74, 6) is -0.916. The molecule has 21 nitrogen and oxygen atoms in total. The van der Waals surface area contributed by atoms with Gasteiger partial charge in [-0.25, -0.2) is 38.2 Å². The number of benzene rings is 1. The third kappa shape index (κ3) is 8.20. The number of hydrogen-bond donors (Lipinski definition) is 5. The van der Waals surface area contributed by atoms with Crippen molar-refractivity contribution >= 4 is 88.7 Å². The zero-order valence-electron chi connectivity index (χ0n) is 26.4. The number of hydrogen-bond acceptors (Lipinski definition) is 16. The van der Waals surface area contributed by atoms with Crippen molar-refractivity contribution in [2.24, 2.45) is 4.99 Å². The van der Waals surface area contributed by atoms with Crippen molar-refractivity contribution < 1.29 is 69.3 Å². The van der Waals surface area contributed by atoms with Gasteiger partial charge >= 0.3 is 31.3 Å². The highest BCUT2D eigenvalue weighted by Crippen LogP contribution is 2.71. The van der Waals surface area contributed by atoms with E-state index >= 15 is 0 Å². The van der Waals surface area contributed by atoms with Crippen molar-refractivity contribution in [3.63, 3.8) is 0 Å². The van der Waals surface area contributed by atoms with Gasteiger partial charge < -0.3 is 29.7 Å². The first-order chi connectivity index (χ1) is 24.1. The van der Waals surface area contributed by atoms with E-state index in [2.05, 4.69) is 32.9 Å². The number of ether oxygens (including phenoxy) is 1. The topological polar surface area (TPSA) is 304 Å². The van der Waals surface area contributed by atoms with Crippen LogP contribution >= 0.6 is 54.5 Å². The molecule has 6 N–H and O–H groups in total. The highest BCUT2D eigenvalue weighted by atomic mass is 35.5. The van der Waals surface area contributed by atoms with Gasteiger partial charge in [-0.1, -0.05) is 37.0 Å². The summed E-state index contributed by atoms with van der Waals surface area (Å²) in [7, 11) is -23.3. The van der Waals surface area contributed by atoms with Crippen LogP contribution in [0.1, 0.15) is 38.5 Å². The number of halogens is 2.